The molecule has 164 valence electrons. The number of amides is 1. The quantitative estimate of drug-likeness (QED) is 0.284. The molecule has 0 saturated carbocycles. The highest BCUT2D eigenvalue weighted by atomic mass is 35.5. The molecule has 0 aromatic heterocycles. The molecule has 1 N–H and O–H groups in total. The van der Waals surface area contributed by atoms with E-state index in [4.69, 9.17) is 38.0 Å². The maximum Gasteiger partial charge on any atom is 0.263 e. The van der Waals surface area contributed by atoms with Gasteiger partial charge in [-0.05, 0) is 61.7 Å². The number of carbonyl (C=O) groups excluding carboxylic acids is 1. The number of hydrogen-bond acceptors (Lipinski definition) is 6. The Kier molecular flexibility index (Phi) is 8.23. The molecule has 31 heavy (non-hydrogen) atoms. The molecule has 0 radical (unpaired) electrons. The molecule has 5 nitrogen and oxygen atoms in total. The molecule has 1 heterocycles. The molecule has 2 aromatic carbocycles. The van der Waals surface area contributed by atoms with E-state index in [2.05, 4.69) is 11.4 Å². The predicted molar refractivity (Wildman–Crippen MR) is 130 cm³/mol. The summed E-state index contributed by atoms with van der Waals surface area (Å²) in [5.41, 5.74) is 3.00. The molecule has 1 aliphatic heterocycles. The summed E-state index contributed by atoms with van der Waals surface area (Å²) in [4.78, 5) is 12.4. The van der Waals surface area contributed by atoms with E-state index in [0.717, 1.165) is 22.4 Å². The standard InChI is InChI=1S/C23H24ClNO4S2/c1-4-27-19-12-16(13-20-22(26)25-23(30)31-20)11-17(24)21(19)29-9-5-8-28-18-10-14(2)6-7-15(18)3/h6-7,10-13H,4-5,8-9H2,1-3H3,(H,25,26,30). The number of thioether (sulfide) groups is 1. The molecule has 0 atom stereocenters. The van der Waals surface area contributed by atoms with E-state index < -0.39 is 0 Å². The Morgan fingerprint density at radius 2 is 1.87 bits per heavy atom. The minimum Gasteiger partial charge on any atom is -0.493 e. The van der Waals surface area contributed by atoms with Crippen molar-refractivity contribution in [3.8, 4) is 17.2 Å². The van der Waals surface area contributed by atoms with Gasteiger partial charge in [0.25, 0.3) is 5.91 Å². The third-order valence-electron chi connectivity index (χ3n) is 4.41. The van der Waals surface area contributed by atoms with Crippen molar-refractivity contribution >= 4 is 51.9 Å². The molecule has 1 fully saturated rings. The Hall–Kier alpha value is -2.22. The summed E-state index contributed by atoms with van der Waals surface area (Å²) >= 11 is 12.7. The molecule has 1 amide bonds. The molecule has 1 saturated heterocycles. The van der Waals surface area contributed by atoms with Crippen LogP contribution >= 0.6 is 35.6 Å². The van der Waals surface area contributed by atoms with Gasteiger partial charge < -0.3 is 19.5 Å². The molecule has 2 aromatic rings. The fourth-order valence-corrected chi connectivity index (χ4v) is 4.24. The van der Waals surface area contributed by atoms with E-state index in [-0.39, 0.29) is 5.91 Å². The van der Waals surface area contributed by atoms with Crippen LogP contribution < -0.4 is 19.5 Å². The van der Waals surface area contributed by atoms with E-state index in [1.54, 1.807) is 18.2 Å². The van der Waals surface area contributed by atoms with Gasteiger partial charge in [-0.3, -0.25) is 4.79 Å². The van der Waals surface area contributed by atoms with Crippen LogP contribution in [0.2, 0.25) is 5.02 Å². The van der Waals surface area contributed by atoms with Crippen LogP contribution in [-0.4, -0.2) is 30.0 Å². The number of aryl methyl sites for hydroxylation is 2. The summed E-state index contributed by atoms with van der Waals surface area (Å²) in [6.07, 6.45) is 2.42. The van der Waals surface area contributed by atoms with Gasteiger partial charge in [0.05, 0.1) is 29.7 Å². The largest absolute Gasteiger partial charge is 0.493 e. The van der Waals surface area contributed by atoms with Gasteiger partial charge in [-0.25, -0.2) is 0 Å². The molecule has 1 aliphatic rings. The predicted octanol–water partition coefficient (Wildman–Crippen LogP) is 5.69. The van der Waals surface area contributed by atoms with Crippen molar-refractivity contribution in [2.45, 2.75) is 27.2 Å². The van der Waals surface area contributed by atoms with Crippen LogP contribution in [0, 0.1) is 13.8 Å². The monoisotopic (exact) mass is 477 g/mol. The summed E-state index contributed by atoms with van der Waals surface area (Å²) in [7, 11) is 0. The van der Waals surface area contributed by atoms with Crippen LogP contribution in [-0.2, 0) is 4.79 Å². The highest BCUT2D eigenvalue weighted by Gasteiger charge is 2.22. The molecule has 0 aliphatic carbocycles. The first-order valence-electron chi connectivity index (χ1n) is 9.91. The van der Waals surface area contributed by atoms with Crippen molar-refractivity contribution in [1.82, 2.24) is 5.32 Å². The summed E-state index contributed by atoms with van der Waals surface area (Å²) in [5, 5.41) is 3.01. The number of carbonyl (C=O) groups is 1. The Bertz CT molecular complexity index is 1020. The molecule has 8 heteroatoms. The lowest BCUT2D eigenvalue weighted by molar-refractivity contribution is -0.115. The smallest absolute Gasteiger partial charge is 0.263 e. The number of thiocarbonyl (C=S) groups is 1. The van der Waals surface area contributed by atoms with Gasteiger partial charge in [0.15, 0.2) is 11.5 Å². The number of ether oxygens (including phenoxy) is 3. The molecule has 0 bridgehead atoms. The SMILES string of the molecule is CCOc1cc(C=C2SC(=S)NC2=O)cc(Cl)c1OCCCOc1cc(C)ccc1C. The lowest BCUT2D eigenvalue weighted by Crippen LogP contribution is -2.17. The van der Waals surface area contributed by atoms with Crippen molar-refractivity contribution in [1.29, 1.82) is 0 Å². The summed E-state index contributed by atoms with van der Waals surface area (Å²) < 4.78 is 17.9. The lowest BCUT2D eigenvalue weighted by Gasteiger charge is -2.15. The zero-order valence-corrected chi connectivity index (χ0v) is 20.0. The van der Waals surface area contributed by atoms with Gasteiger partial charge in [0.1, 0.15) is 10.1 Å². The van der Waals surface area contributed by atoms with Crippen LogP contribution in [0.25, 0.3) is 6.08 Å². The minimum atomic E-state index is -0.215. The van der Waals surface area contributed by atoms with E-state index >= 15 is 0 Å². The van der Waals surface area contributed by atoms with Gasteiger partial charge in [-0.2, -0.15) is 0 Å². The fraction of sp³-hybridized carbons (Fsp3) is 0.304. The zero-order valence-electron chi connectivity index (χ0n) is 17.6. The van der Waals surface area contributed by atoms with Gasteiger partial charge in [-0.15, -0.1) is 0 Å². The number of benzene rings is 2. The topological polar surface area (TPSA) is 56.8 Å². The third-order valence-corrected chi connectivity index (χ3v) is 5.85. The second-order valence-corrected chi connectivity index (χ2v) is 9.06. The number of hydrogen-bond donors (Lipinski definition) is 1. The minimum absolute atomic E-state index is 0.215. The first-order chi connectivity index (χ1) is 14.9. The van der Waals surface area contributed by atoms with Crippen LogP contribution in [0.3, 0.4) is 0 Å². The zero-order chi connectivity index (χ0) is 22.4. The molecule has 0 unspecified atom stereocenters. The molecule has 3 rings (SSSR count). The Morgan fingerprint density at radius 3 is 2.58 bits per heavy atom. The normalized spacial score (nSPS) is 14.6. The van der Waals surface area contributed by atoms with Crippen molar-refractivity contribution in [3.63, 3.8) is 0 Å². The van der Waals surface area contributed by atoms with Crippen LogP contribution in [0.1, 0.15) is 30.0 Å². The van der Waals surface area contributed by atoms with Crippen molar-refractivity contribution < 1.29 is 19.0 Å². The average molecular weight is 478 g/mol. The van der Waals surface area contributed by atoms with Gasteiger partial charge >= 0.3 is 0 Å². The van der Waals surface area contributed by atoms with E-state index in [0.29, 0.717) is 52.0 Å². The van der Waals surface area contributed by atoms with Crippen molar-refractivity contribution in [2.24, 2.45) is 0 Å². The maximum atomic E-state index is 11.9. The molecular formula is C23H24ClNO4S2. The molecular weight excluding hydrogens is 454 g/mol. The maximum absolute atomic E-state index is 11.9. The van der Waals surface area contributed by atoms with Crippen LogP contribution in [0.15, 0.2) is 35.2 Å². The Labute approximate surface area is 197 Å². The van der Waals surface area contributed by atoms with E-state index in [9.17, 15) is 4.79 Å². The number of nitrogens with one attached hydrogen (secondary N) is 1. The van der Waals surface area contributed by atoms with E-state index in [1.807, 2.05) is 32.9 Å². The summed E-state index contributed by atoms with van der Waals surface area (Å²) in [6, 6.07) is 9.69. The summed E-state index contributed by atoms with van der Waals surface area (Å²) in [6.45, 7) is 7.37. The number of rotatable bonds is 9. The highest BCUT2D eigenvalue weighted by molar-refractivity contribution is 8.26. The fourth-order valence-electron chi connectivity index (χ4n) is 2.92. The van der Waals surface area contributed by atoms with Gasteiger partial charge in [0, 0.05) is 6.42 Å². The Balaban J connectivity index is 1.64. The Morgan fingerprint density at radius 1 is 1.10 bits per heavy atom. The van der Waals surface area contributed by atoms with Crippen molar-refractivity contribution in [3.05, 3.63) is 56.9 Å². The first kappa shape index (κ1) is 23.4. The van der Waals surface area contributed by atoms with Crippen LogP contribution in [0.4, 0.5) is 0 Å². The highest BCUT2D eigenvalue weighted by Crippen LogP contribution is 2.38. The van der Waals surface area contributed by atoms with Crippen molar-refractivity contribution in [2.75, 3.05) is 19.8 Å². The number of halogens is 1. The summed E-state index contributed by atoms with van der Waals surface area (Å²) in [5.74, 6) is 1.69. The second kappa shape index (κ2) is 10.9. The van der Waals surface area contributed by atoms with Gasteiger partial charge in [0.2, 0.25) is 0 Å². The van der Waals surface area contributed by atoms with E-state index in [1.165, 1.54) is 11.8 Å². The van der Waals surface area contributed by atoms with Crippen LogP contribution in [0.5, 0.6) is 17.2 Å². The average Bonchev–Trinajstić information content (AvgIpc) is 3.02. The third kappa shape index (κ3) is 6.38. The molecule has 0 spiro atoms. The lowest BCUT2D eigenvalue weighted by atomic mass is 10.1. The van der Waals surface area contributed by atoms with Gasteiger partial charge in [-0.1, -0.05) is 47.7 Å². The first-order valence-corrected chi connectivity index (χ1v) is 11.5. The second-order valence-electron chi connectivity index (χ2n) is 6.93.